The minimum absolute atomic E-state index is 0.0337. The number of benzene rings is 1. The van der Waals surface area contributed by atoms with Crippen LogP contribution < -0.4 is 30.1 Å². The number of anilines is 4. The van der Waals surface area contributed by atoms with Gasteiger partial charge in [0, 0.05) is 68.8 Å². The Bertz CT molecular complexity index is 1860. The normalized spacial score (nSPS) is 17.0. The summed E-state index contributed by atoms with van der Waals surface area (Å²) in [6, 6.07) is 9.50. The van der Waals surface area contributed by atoms with Crippen LogP contribution in [-0.2, 0) is 11.3 Å². The first-order valence-corrected chi connectivity index (χ1v) is 14.8. The van der Waals surface area contributed by atoms with Crippen molar-refractivity contribution >= 4 is 40.1 Å². The second-order valence-corrected chi connectivity index (χ2v) is 11.1. The highest BCUT2D eigenvalue weighted by molar-refractivity contribution is 5.96. The highest BCUT2D eigenvalue weighted by atomic mass is 16.5. The van der Waals surface area contributed by atoms with Gasteiger partial charge in [-0.05, 0) is 38.1 Å². The van der Waals surface area contributed by atoms with Gasteiger partial charge in [-0.15, -0.1) is 5.92 Å². The molecule has 0 radical (unpaired) electrons. The summed E-state index contributed by atoms with van der Waals surface area (Å²) in [6.45, 7) is 4.42. The Morgan fingerprint density at radius 2 is 1.86 bits per heavy atom. The van der Waals surface area contributed by atoms with Crippen LogP contribution in [0.4, 0.5) is 23.1 Å². The van der Waals surface area contributed by atoms with Crippen molar-refractivity contribution in [3.05, 3.63) is 46.9 Å². The molecule has 0 unspecified atom stereocenters. The van der Waals surface area contributed by atoms with E-state index >= 15 is 0 Å². The first-order chi connectivity index (χ1) is 21.5. The number of amides is 1. The van der Waals surface area contributed by atoms with Crippen molar-refractivity contribution in [3.63, 3.8) is 0 Å². The van der Waals surface area contributed by atoms with Crippen molar-refractivity contribution in [1.82, 2.24) is 29.2 Å². The maximum atomic E-state index is 13.6. The Labute approximate surface area is 254 Å². The number of piperazine rings is 1. The van der Waals surface area contributed by atoms with E-state index in [9.17, 15) is 9.59 Å². The summed E-state index contributed by atoms with van der Waals surface area (Å²) in [5.41, 5.74) is 1.89. The molecular weight excluding hydrogens is 562 g/mol. The quantitative estimate of drug-likeness (QED) is 0.352. The van der Waals surface area contributed by atoms with E-state index in [1.807, 2.05) is 18.2 Å². The van der Waals surface area contributed by atoms with Gasteiger partial charge in [0.2, 0.25) is 5.95 Å². The van der Waals surface area contributed by atoms with E-state index in [4.69, 9.17) is 19.4 Å². The van der Waals surface area contributed by atoms with Crippen LogP contribution in [0, 0.1) is 11.8 Å². The average Bonchev–Trinajstić information content (AvgIpc) is 3.31. The molecule has 0 atom stereocenters. The van der Waals surface area contributed by atoms with Crippen molar-refractivity contribution in [2.75, 3.05) is 68.6 Å². The SMILES string of the molecule is COc1cc(Nc2ncc3c(=O)n4n(c3n2)-c2ccc3c(n2)N(CCCCC#CC4)C(=O)CO3)cc(N2CCN(C)CC2)c1. The summed E-state index contributed by atoms with van der Waals surface area (Å²) in [7, 11) is 3.77. The molecule has 1 aromatic carbocycles. The molecule has 0 aliphatic carbocycles. The van der Waals surface area contributed by atoms with Gasteiger partial charge in [0.15, 0.2) is 29.6 Å². The molecule has 13 heteroatoms. The Hall–Kier alpha value is -5.09. The van der Waals surface area contributed by atoms with Crippen LogP contribution in [0.2, 0.25) is 0 Å². The molecule has 13 nitrogen and oxygen atoms in total. The van der Waals surface area contributed by atoms with Gasteiger partial charge in [0.25, 0.3) is 11.5 Å². The number of methoxy groups -OCH3 is 1. The largest absolute Gasteiger partial charge is 0.497 e. The van der Waals surface area contributed by atoms with E-state index in [1.165, 1.54) is 10.9 Å². The summed E-state index contributed by atoms with van der Waals surface area (Å²) >= 11 is 0. The van der Waals surface area contributed by atoms with Gasteiger partial charge in [0.1, 0.15) is 17.7 Å². The lowest BCUT2D eigenvalue weighted by molar-refractivity contribution is -0.121. The zero-order valence-corrected chi connectivity index (χ0v) is 24.7. The van der Waals surface area contributed by atoms with E-state index in [2.05, 4.69) is 39.0 Å². The van der Waals surface area contributed by atoms with Crippen LogP contribution in [0.5, 0.6) is 11.5 Å². The topological polar surface area (TPSA) is 123 Å². The number of aromatic nitrogens is 5. The Morgan fingerprint density at radius 3 is 2.70 bits per heavy atom. The van der Waals surface area contributed by atoms with Crippen LogP contribution in [0.1, 0.15) is 19.3 Å². The fourth-order valence-electron chi connectivity index (χ4n) is 5.73. The highest BCUT2D eigenvalue weighted by Crippen LogP contribution is 2.33. The third-order valence-corrected chi connectivity index (χ3v) is 8.16. The lowest BCUT2D eigenvalue weighted by Gasteiger charge is -2.34. The second-order valence-electron chi connectivity index (χ2n) is 11.1. The molecule has 226 valence electrons. The number of likely N-dealkylation sites (N-methyl/N-ethyl adjacent to an activating group) is 1. The van der Waals surface area contributed by atoms with Crippen molar-refractivity contribution < 1.29 is 14.3 Å². The predicted octanol–water partition coefficient (Wildman–Crippen LogP) is 2.39. The first kappa shape index (κ1) is 27.7. The third kappa shape index (κ3) is 5.17. The maximum absolute atomic E-state index is 13.6. The summed E-state index contributed by atoms with van der Waals surface area (Å²) in [6.07, 6.45) is 3.79. The lowest BCUT2D eigenvalue weighted by Crippen LogP contribution is -2.44. The summed E-state index contributed by atoms with van der Waals surface area (Å²) in [5, 5.41) is 3.64. The van der Waals surface area contributed by atoms with E-state index < -0.39 is 0 Å². The Morgan fingerprint density at radius 1 is 1.00 bits per heavy atom. The number of fused-ring (bicyclic) bond motifs is 5. The molecule has 3 aliphatic heterocycles. The number of hydrogen-bond donors (Lipinski definition) is 1. The fourth-order valence-corrected chi connectivity index (χ4v) is 5.73. The number of nitrogens with zero attached hydrogens (tertiary/aromatic N) is 8. The highest BCUT2D eigenvalue weighted by Gasteiger charge is 2.28. The summed E-state index contributed by atoms with van der Waals surface area (Å²) < 4.78 is 14.4. The van der Waals surface area contributed by atoms with Gasteiger partial charge in [-0.3, -0.25) is 14.5 Å². The zero-order valence-electron chi connectivity index (χ0n) is 24.7. The number of nitrogens with one attached hydrogen (secondary N) is 1. The monoisotopic (exact) mass is 595 g/mol. The predicted molar refractivity (Wildman–Crippen MR) is 166 cm³/mol. The van der Waals surface area contributed by atoms with Crippen LogP contribution in [0.15, 0.2) is 41.3 Å². The summed E-state index contributed by atoms with van der Waals surface area (Å²) in [4.78, 5) is 46.8. The van der Waals surface area contributed by atoms with Gasteiger partial charge < -0.3 is 24.6 Å². The number of pyridine rings is 1. The molecule has 1 N–H and O–H groups in total. The van der Waals surface area contributed by atoms with Crippen molar-refractivity contribution in [3.8, 4) is 29.2 Å². The van der Waals surface area contributed by atoms with Gasteiger partial charge in [-0.2, -0.15) is 4.98 Å². The van der Waals surface area contributed by atoms with E-state index in [1.54, 1.807) is 28.8 Å². The van der Waals surface area contributed by atoms with E-state index in [-0.39, 0.29) is 24.6 Å². The van der Waals surface area contributed by atoms with Crippen LogP contribution in [-0.4, -0.2) is 88.6 Å². The molecule has 2 bridgehead atoms. The van der Waals surface area contributed by atoms with Gasteiger partial charge >= 0.3 is 0 Å². The molecule has 4 aromatic rings. The molecule has 3 aliphatic rings. The summed E-state index contributed by atoms with van der Waals surface area (Å²) in [5.74, 6) is 8.54. The fraction of sp³-hybridized carbons (Fsp3) is 0.387. The first-order valence-electron chi connectivity index (χ1n) is 14.8. The smallest absolute Gasteiger partial charge is 0.279 e. The number of ether oxygens (including phenoxy) is 2. The molecule has 1 amide bonds. The van der Waals surface area contributed by atoms with Gasteiger partial charge in [0.05, 0.1) is 7.11 Å². The Balaban J connectivity index is 1.32. The molecule has 0 spiro atoms. The number of rotatable bonds is 4. The minimum Gasteiger partial charge on any atom is -0.497 e. The van der Waals surface area contributed by atoms with Gasteiger partial charge in [-0.1, -0.05) is 5.92 Å². The molecule has 44 heavy (non-hydrogen) atoms. The number of hydrogen-bond acceptors (Lipinski definition) is 10. The molecule has 3 aromatic heterocycles. The van der Waals surface area contributed by atoms with Crippen molar-refractivity contribution in [2.45, 2.75) is 25.8 Å². The lowest BCUT2D eigenvalue weighted by atomic mass is 10.2. The molecule has 6 heterocycles. The minimum atomic E-state index is -0.279. The number of carbonyl (C=O) groups excluding carboxylic acids is 1. The van der Waals surface area contributed by atoms with E-state index in [0.29, 0.717) is 53.1 Å². The van der Waals surface area contributed by atoms with Crippen molar-refractivity contribution in [2.24, 2.45) is 0 Å². The van der Waals surface area contributed by atoms with Crippen LogP contribution in [0.25, 0.3) is 16.9 Å². The van der Waals surface area contributed by atoms with E-state index in [0.717, 1.165) is 50.4 Å². The Kier molecular flexibility index (Phi) is 7.27. The van der Waals surface area contributed by atoms with Gasteiger partial charge in [-0.25, -0.2) is 19.3 Å². The third-order valence-electron chi connectivity index (χ3n) is 8.16. The average molecular weight is 596 g/mol. The van der Waals surface area contributed by atoms with Crippen LogP contribution in [0.3, 0.4) is 0 Å². The molecule has 1 fully saturated rings. The molecule has 1 saturated heterocycles. The zero-order chi connectivity index (χ0) is 30.2. The molecular formula is C31H33N9O4. The maximum Gasteiger partial charge on any atom is 0.279 e. The van der Waals surface area contributed by atoms with Crippen LogP contribution >= 0.6 is 0 Å². The number of carbonyl (C=O) groups is 1. The van der Waals surface area contributed by atoms with Crippen molar-refractivity contribution in [1.29, 1.82) is 0 Å². The molecule has 0 saturated carbocycles. The second kappa shape index (κ2) is 11.5. The standard InChI is InChI=1S/C31H33N9O4/c1-36-12-14-37(15-13-36)22-16-21(17-23(18-22)43-2)33-31-32-19-24-28(35-31)40-26-9-8-25-29(34-26)38(27(41)20-44-25)10-6-4-3-5-7-11-39(40)30(24)42/h8-9,16-19H,3-4,6,10-15,20H2,1-2H3,(H,32,33,35). The molecule has 7 rings (SSSR count).